The predicted molar refractivity (Wildman–Crippen MR) is 161 cm³/mol. The second kappa shape index (κ2) is 11.3. The maximum Gasteiger partial charge on any atom is 0.262 e. The normalized spacial score (nSPS) is 23.3. The van der Waals surface area contributed by atoms with Crippen molar-refractivity contribution in [1.29, 1.82) is 0 Å². The molecule has 0 bridgehead atoms. The molecule has 4 aliphatic rings. The molecule has 1 aliphatic carbocycles. The summed E-state index contributed by atoms with van der Waals surface area (Å²) in [6, 6.07) is 13.0. The first-order chi connectivity index (χ1) is 20.1. The van der Waals surface area contributed by atoms with Crippen LogP contribution in [0.3, 0.4) is 0 Å². The molecule has 3 heterocycles. The van der Waals surface area contributed by atoms with Crippen LogP contribution in [0.2, 0.25) is 5.02 Å². The van der Waals surface area contributed by atoms with Gasteiger partial charge in [-0.2, -0.15) is 0 Å². The number of halogens is 1. The van der Waals surface area contributed by atoms with Gasteiger partial charge in [-0.05, 0) is 84.9 Å². The molecule has 6 rings (SSSR count). The highest BCUT2D eigenvalue weighted by Crippen LogP contribution is 2.42. The molecule has 2 fully saturated rings. The summed E-state index contributed by atoms with van der Waals surface area (Å²) in [5, 5.41) is 6.90. The minimum atomic E-state index is -0.948. The predicted octanol–water partition coefficient (Wildman–Crippen LogP) is 4.92. The summed E-state index contributed by atoms with van der Waals surface area (Å²) in [6.45, 7) is 7.23. The molecule has 3 aliphatic heterocycles. The monoisotopic (exact) mass is 588 g/mol. The van der Waals surface area contributed by atoms with E-state index >= 15 is 0 Å². The van der Waals surface area contributed by atoms with Crippen molar-refractivity contribution in [2.45, 2.75) is 77.4 Å². The number of benzene rings is 2. The molecule has 0 aromatic heterocycles. The number of carbonyl (C=O) groups is 4. The van der Waals surface area contributed by atoms with Crippen LogP contribution in [0.1, 0.15) is 90.6 Å². The van der Waals surface area contributed by atoms with Crippen molar-refractivity contribution in [3.05, 3.63) is 75.4 Å². The maximum atomic E-state index is 13.2. The van der Waals surface area contributed by atoms with Gasteiger partial charge in [0.05, 0.1) is 11.1 Å². The van der Waals surface area contributed by atoms with Crippen molar-refractivity contribution in [3.63, 3.8) is 0 Å². The quantitative estimate of drug-likeness (QED) is 0.465. The van der Waals surface area contributed by atoms with E-state index < -0.39 is 23.8 Å². The number of allylic oxidation sites excluding steroid dienone is 2. The molecule has 4 amide bonds. The number of hydrogen-bond acceptors (Lipinski definition) is 6. The molecular formula is C33H37ClN4O4. The zero-order valence-electron chi connectivity index (χ0n) is 24.2. The number of rotatable bonds is 6. The van der Waals surface area contributed by atoms with Crippen LogP contribution in [0.25, 0.3) is 5.57 Å². The molecule has 2 N–H and O–H groups in total. The molecule has 8 nitrogen and oxygen atoms in total. The first-order valence-electron chi connectivity index (χ1n) is 14.9. The zero-order chi connectivity index (χ0) is 29.6. The summed E-state index contributed by atoms with van der Waals surface area (Å²) in [6.07, 6.45) is 5.54. The lowest BCUT2D eigenvalue weighted by molar-refractivity contribution is -0.136. The molecule has 42 heavy (non-hydrogen) atoms. The lowest BCUT2D eigenvalue weighted by Gasteiger charge is -2.38. The second-order valence-electron chi connectivity index (χ2n) is 12.8. The Morgan fingerprint density at radius 1 is 0.929 bits per heavy atom. The number of imide groups is 2. The van der Waals surface area contributed by atoms with Crippen molar-refractivity contribution in [3.8, 4) is 0 Å². The smallest absolute Gasteiger partial charge is 0.262 e. The van der Waals surface area contributed by atoms with Gasteiger partial charge in [-0.25, -0.2) is 0 Å². The summed E-state index contributed by atoms with van der Waals surface area (Å²) in [7, 11) is 0. The minimum Gasteiger partial charge on any atom is -0.385 e. The van der Waals surface area contributed by atoms with E-state index in [2.05, 4.69) is 41.5 Å². The Kier molecular flexibility index (Phi) is 7.70. The van der Waals surface area contributed by atoms with Crippen molar-refractivity contribution in [2.75, 3.05) is 13.1 Å². The molecule has 0 spiro atoms. The van der Waals surface area contributed by atoms with E-state index in [9.17, 15) is 19.2 Å². The number of piperidine rings is 2. The number of nitrogens with zero attached hydrogens (tertiary/aromatic N) is 2. The Hall–Kier alpha value is -3.49. The first-order valence-corrected chi connectivity index (χ1v) is 15.3. The molecular weight excluding hydrogens is 552 g/mol. The number of amides is 4. The molecule has 0 saturated carbocycles. The SMILES string of the molecule is CC1(C)CCC(NC2CCN(Cc3ccc4c(c3)C(=O)N(C3CCC(=O)NC3=O)C4=O)CC2)=C(c2ccc(Cl)cc2)C1. The van der Waals surface area contributed by atoms with Gasteiger partial charge in [-0.15, -0.1) is 0 Å². The van der Waals surface area contributed by atoms with Gasteiger partial charge in [0, 0.05) is 42.8 Å². The molecule has 220 valence electrons. The van der Waals surface area contributed by atoms with E-state index in [-0.39, 0.29) is 24.2 Å². The standard InChI is InChI=1S/C33H37ClN4O4/c1-33(2)14-11-27(26(18-33)21-4-6-22(34)7-5-21)35-23-12-15-37(16-13-23)19-20-3-8-24-25(17-20)32(42)38(31(24)41)28-9-10-29(39)36-30(28)40/h3-8,17,23,28,35H,9-16,18-19H2,1-2H3,(H,36,39,40). The van der Waals surface area contributed by atoms with Gasteiger partial charge in [0.1, 0.15) is 6.04 Å². The zero-order valence-corrected chi connectivity index (χ0v) is 24.9. The van der Waals surface area contributed by atoms with Gasteiger partial charge >= 0.3 is 0 Å². The molecule has 1 unspecified atom stereocenters. The van der Waals surface area contributed by atoms with Crippen LogP contribution in [0.15, 0.2) is 48.2 Å². The van der Waals surface area contributed by atoms with Gasteiger partial charge in [0.15, 0.2) is 0 Å². The number of hydrogen-bond donors (Lipinski definition) is 2. The third kappa shape index (κ3) is 5.75. The van der Waals surface area contributed by atoms with E-state index in [1.165, 1.54) is 16.8 Å². The van der Waals surface area contributed by atoms with Crippen LogP contribution in [-0.2, 0) is 16.1 Å². The van der Waals surface area contributed by atoms with Crippen molar-refractivity contribution in [1.82, 2.24) is 20.4 Å². The topological polar surface area (TPSA) is 98.8 Å². The fraction of sp³-hybridized carbons (Fsp3) is 0.455. The highest BCUT2D eigenvalue weighted by molar-refractivity contribution is 6.30. The molecule has 2 aromatic rings. The van der Waals surface area contributed by atoms with Crippen LogP contribution < -0.4 is 10.6 Å². The molecule has 9 heteroatoms. The molecule has 2 saturated heterocycles. The average Bonchev–Trinajstić information content (AvgIpc) is 3.20. The average molecular weight is 589 g/mol. The summed E-state index contributed by atoms with van der Waals surface area (Å²) < 4.78 is 0. The third-order valence-corrected chi connectivity index (χ3v) is 9.39. The molecule has 2 aromatic carbocycles. The summed E-state index contributed by atoms with van der Waals surface area (Å²) >= 11 is 6.16. The van der Waals surface area contributed by atoms with Gasteiger partial charge < -0.3 is 5.32 Å². The number of fused-ring (bicyclic) bond motifs is 1. The Balaban J connectivity index is 1.09. The number of nitrogens with one attached hydrogen (secondary N) is 2. The van der Waals surface area contributed by atoms with Crippen molar-refractivity contribution < 1.29 is 19.2 Å². The first kappa shape index (κ1) is 28.6. The van der Waals surface area contributed by atoms with Crippen LogP contribution in [-0.4, -0.2) is 58.6 Å². The third-order valence-electron chi connectivity index (χ3n) is 9.14. The summed E-state index contributed by atoms with van der Waals surface area (Å²) in [4.78, 5) is 53.5. The number of carbonyl (C=O) groups excluding carboxylic acids is 4. The van der Waals surface area contributed by atoms with Gasteiger partial charge in [0.25, 0.3) is 11.8 Å². The van der Waals surface area contributed by atoms with Crippen molar-refractivity contribution >= 4 is 40.8 Å². The maximum absolute atomic E-state index is 13.2. The lowest BCUT2D eigenvalue weighted by Crippen LogP contribution is -2.54. The van der Waals surface area contributed by atoms with Crippen molar-refractivity contribution in [2.24, 2.45) is 5.41 Å². The second-order valence-corrected chi connectivity index (χ2v) is 13.3. The van der Waals surface area contributed by atoms with E-state index in [4.69, 9.17) is 11.6 Å². The Labute approximate surface area is 251 Å². The van der Waals surface area contributed by atoms with Crippen LogP contribution in [0.5, 0.6) is 0 Å². The minimum absolute atomic E-state index is 0.109. The largest absolute Gasteiger partial charge is 0.385 e. The van der Waals surface area contributed by atoms with Gasteiger partial charge in [0.2, 0.25) is 11.8 Å². The highest BCUT2D eigenvalue weighted by Gasteiger charge is 2.44. The highest BCUT2D eigenvalue weighted by atomic mass is 35.5. The van der Waals surface area contributed by atoms with Crippen LogP contribution in [0, 0.1) is 5.41 Å². The van der Waals surface area contributed by atoms with E-state index in [1.54, 1.807) is 12.1 Å². The van der Waals surface area contributed by atoms with Crippen LogP contribution in [0.4, 0.5) is 0 Å². The Bertz CT molecular complexity index is 1470. The van der Waals surface area contributed by atoms with E-state index in [0.29, 0.717) is 23.7 Å². The molecule has 1 atom stereocenters. The Morgan fingerprint density at radius 2 is 1.64 bits per heavy atom. The van der Waals surface area contributed by atoms with Crippen LogP contribution >= 0.6 is 11.6 Å². The lowest BCUT2D eigenvalue weighted by atomic mass is 9.74. The summed E-state index contributed by atoms with van der Waals surface area (Å²) in [5.74, 6) is -1.91. The van der Waals surface area contributed by atoms with E-state index in [0.717, 1.165) is 60.7 Å². The van der Waals surface area contributed by atoms with Gasteiger partial charge in [-0.3, -0.25) is 34.3 Å². The summed E-state index contributed by atoms with van der Waals surface area (Å²) in [5.41, 5.74) is 5.88. The van der Waals surface area contributed by atoms with E-state index in [1.807, 2.05) is 18.2 Å². The molecule has 0 radical (unpaired) electrons. The van der Waals surface area contributed by atoms with Gasteiger partial charge in [-0.1, -0.05) is 43.6 Å². The Morgan fingerprint density at radius 3 is 2.36 bits per heavy atom. The number of likely N-dealkylation sites (tertiary alicyclic amines) is 1. The fourth-order valence-electron chi connectivity index (χ4n) is 6.73. The fourth-order valence-corrected chi connectivity index (χ4v) is 6.86.